The van der Waals surface area contributed by atoms with Crippen LogP contribution in [0, 0.1) is 5.92 Å². The van der Waals surface area contributed by atoms with Gasteiger partial charge in [-0.05, 0) is 24.1 Å². The number of rotatable bonds is 6. The maximum Gasteiger partial charge on any atom is 0.303 e. The molecule has 0 aliphatic carbocycles. The van der Waals surface area contributed by atoms with Crippen LogP contribution >= 0.6 is 15.9 Å². The lowest BCUT2D eigenvalue weighted by Crippen LogP contribution is -2.48. The average molecular weight is 314 g/mol. The number of carboxylic acid groups (broad SMARTS) is 1. The van der Waals surface area contributed by atoms with Crippen molar-refractivity contribution in [1.29, 1.82) is 0 Å². The van der Waals surface area contributed by atoms with Crippen molar-refractivity contribution in [3.05, 3.63) is 28.7 Å². The zero-order chi connectivity index (χ0) is 13.0. The topological polar surface area (TPSA) is 49.8 Å². The van der Waals surface area contributed by atoms with Gasteiger partial charge in [-0.15, -0.1) is 0 Å². The quantitative estimate of drug-likeness (QED) is 0.875. The number of benzene rings is 1. The molecule has 0 radical (unpaired) electrons. The van der Waals surface area contributed by atoms with Gasteiger partial charge >= 0.3 is 5.97 Å². The molecule has 1 heterocycles. The summed E-state index contributed by atoms with van der Waals surface area (Å²) in [7, 11) is 0. The Bertz CT molecular complexity index is 418. The Balaban J connectivity index is 1.61. The maximum absolute atomic E-state index is 10.5. The molecule has 98 valence electrons. The zero-order valence-corrected chi connectivity index (χ0v) is 11.6. The number of likely N-dealkylation sites (tertiary alicyclic amines) is 1. The van der Waals surface area contributed by atoms with Crippen LogP contribution in [0.15, 0.2) is 28.7 Å². The van der Waals surface area contributed by atoms with E-state index in [0.717, 1.165) is 29.9 Å². The van der Waals surface area contributed by atoms with Crippen molar-refractivity contribution in [2.75, 3.05) is 26.2 Å². The summed E-state index contributed by atoms with van der Waals surface area (Å²) < 4.78 is 6.63. The molecule has 5 heteroatoms. The van der Waals surface area contributed by atoms with Crippen molar-refractivity contribution in [2.24, 2.45) is 5.92 Å². The van der Waals surface area contributed by atoms with Crippen LogP contribution in [0.4, 0.5) is 0 Å². The molecule has 18 heavy (non-hydrogen) atoms. The summed E-state index contributed by atoms with van der Waals surface area (Å²) >= 11 is 3.39. The lowest BCUT2D eigenvalue weighted by molar-refractivity contribution is -0.139. The highest BCUT2D eigenvalue weighted by atomic mass is 79.9. The van der Waals surface area contributed by atoms with Crippen LogP contribution in [-0.4, -0.2) is 42.2 Å². The van der Waals surface area contributed by atoms with Gasteiger partial charge in [-0.2, -0.15) is 0 Å². The minimum atomic E-state index is -0.704. The van der Waals surface area contributed by atoms with Gasteiger partial charge in [0.1, 0.15) is 12.4 Å². The standard InChI is InChI=1S/C13H16BrNO3/c14-11-2-1-3-12(7-11)18-5-4-15-8-10(9-15)6-13(16)17/h1-3,7,10H,4-6,8-9H2,(H,16,17). The molecule has 1 aromatic carbocycles. The highest BCUT2D eigenvalue weighted by molar-refractivity contribution is 9.10. The van der Waals surface area contributed by atoms with Crippen LogP contribution < -0.4 is 4.74 Å². The third-order valence-corrected chi connectivity index (χ3v) is 3.46. The van der Waals surface area contributed by atoms with Gasteiger partial charge in [0.15, 0.2) is 0 Å². The molecule has 0 amide bonds. The molecule has 1 N–H and O–H groups in total. The molecule has 1 fully saturated rings. The van der Waals surface area contributed by atoms with E-state index in [4.69, 9.17) is 9.84 Å². The van der Waals surface area contributed by atoms with Crippen LogP contribution in [0.1, 0.15) is 6.42 Å². The summed E-state index contributed by atoms with van der Waals surface area (Å²) in [5.41, 5.74) is 0. The van der Waals surface area contributed by atoms with Crippen LogP contribution in [0.3, 0.4) is 0 Å². The number of nitrogens with zero attached hydrogens (tertiary/aromatic N) is 1. The van der Waals surface area contributed by atoms with E-state index < -0.39 is 5.97 Å². The Kier molecular flexibility index (Phi) is 4.60. The van der Waals surface area contributed by atoms with Crippen molar-refractivity contribution in [3.8, 4) is 5.75 Å². The molecular weight excluding hydrogens is 298 g/mol. The summed E-state index contributed by atoms with van der Waals surface area (Å²) in [5, 5.41) is 8.64. The second kappa shape index (κ2) is 6.20. The van der Waals surface area contributed by atoms with Gasteiger partial charge < -0.3 is 9.84 Å². The second-order valence-corrected chi connectivity index (χ2v) is 5.44. The molecule has 4 nitrogen and oxygen atoms in total. The summed E-state index contributed by atoms with van der Waals surface area (Å²) in [6.45, 7) is 3.22. The van der Waals surface area contributed by atoms with E-state index in [0.29, 0.717) is 12.5 Å². The number of hydrogen-bond donors (Lipinski definition) is 1. The van der Waals surface area contributed by atoms with E-state index in [1.807, 2.05) is 24.3 Å². The molecular formula is C13H16BrNO3. The van der Waals surface area contributed by atoms with Crippen molar-refractivity contribution >= 4 is 21.9 Å². The van der Waals surface area contributed by atoms with Crippen LogP contribution in [0.25, 0.3) is 0 Å². The fraction of sp³-hybridized carbons (Fsp3) is 0.462. The molecule has 1 saturated heterocycles. The Labute approximate surface area is 115 Å². The lowest BCUT2D eigenvalue weighted by Gasteiger charge is -2.38. The van der Waals surface area contributed by atoms with Gasteiger partial charge in [0.2, 0.25) is 0 Å². The van der Waals surface area contributed by atoms with Crippen molar-refractivity contribution in [2.45, 2.75) is 6.42 Å². The maximum atomic E-state index is 10.5. The number of ether oxygens (including phenoxy) is 1. The molecule has 0 spiro atoms. The monoisotopic (exact) mass is 313 g/mol. The second-order valence-electron chi connectivity index (χ2n) is 4.53. The molecule has 0 saturated carbocycles. The predicted octanol–water partition coefficient (Wildman–Crippen LogP) is 2.23. The number of carboxylic acids is 1. The highest BCUT2D eigenvalue weighted by Crippen LogP contribution is 2.20. The van der Waals surface area contributed by atoms with Gasteiger partial charge in [0.05, 0.1) is 6.42 Å². The van der Waals surface area contributed by atoms with Crippen molar-refractivity contribution < 1.29 is 14.6 Å². The van der Waals surface area contributed by atoms with E-state index in [-0.39, 0.29) is 6.42 Å². The van der Waals surface area contributed by atoms with Crippen LogP contribution in [0.2, 0.25) is 0 Å². The first-order valence-corrected chi connectivity index (χ1v) is 6.75. The predicted molar refractivity (Wildman–Crippen MR) is 71.8 cm³/mol. The van der Waals surface area contributed by atoms with Gasteiger partial charge in [0, 0.05) is 24.1 Å². The fourth-order valence-corrected chi connectivity index (χ4v) is 2.46. The Morgan fingerprint density at radius 3 is 2.94 bits per heavy atom. The molecule has 1 aliphatic heterocycles. The fourth-order valence-electron chi connectivity index (χ4n) is 2.08. The number of halogens is 1. The number of carbonyl (C=O) groups is 1. The van der Waals surface area contributed by atoms with Gasteiger partial charge in [-0.1, -0.05) is 22.0 Å². The number of hydrogen-bond acceptors (Lipinski definition) is 3. The van der Waals surface area contributed by atoms with Crippen LogP contribution in [-0.2, 0) is 4.79 Å². The smallest absolute Gasteiger partial charge is 0.303 e. The van der Waals surface area contributed by atoms with Gasteiger partial charge in [-0.3, -0.25) is 9.69 Å². The summed E-state index contributed by atoms with van der Waals surface area (Å²) in [5.74, 6) is 0.463. The highest BCUT2D eigenvalue weighted by Gasteiger charge is 2.27. The van der Waals surface area contributed by atoms with Crippen molar-refractivity contribution in [3.63, 3.8) is 0 Å². The van der Waals surface area contributed by atoms with Gasteiger partial charge in [-0.25, -0.2) is 0 Å². The first-order chi connectivity index (χ1) is 8.63. The van der Waals surface area contributed by atoms with E-state index in [1.165, 1.54) is 0 Å². The SMILES string of the molecule is O=C(O)CC1CN(CCOc2cccc(Br)c2)C1. The molecule has 0 atom stereocenters. The first kappa shape index (κ1) is 13.4. The third-order valence-electron chi connectivity index (χ3n) is 2.97. The Morgan fingerprint density at radius 1 is 1.50 bits per heavy atom. The van der Waals surface area contributed by atoms with E-state index in [1.54, 1.807) is 0 Å². The third kappa shape index (κ3) is 3.99. The molecule has 0 unspecified atom stereocenters. The van der Waals surface area contributed by atoms with Gasteiger partial charge in [0.25, 0.3) is 0 Å². The largest absolute Gasteiger partial charge is 0.492 e. The minimum absolute atomic E-state index is 0.281. The Hall–Kier alpha value is -1.07. The minimum Gasteiger partial charge on any atom is -0.492 e. The summed E-state index contributed by atoms with van der Waals surface area (Å²) in [4.78, 5) is 12.7. The van der Waals surface area contributed by atoms with E-state index in [2.05, 4.69) is 20.8 Å². The van der Waals surface area contributed by atoms with E-state index >= 15 is 0 Å². The molecule has 2 rings (SSSR count). The van der Waals surface area contributed by atoms with E-state index in [9.17, 15) is 4.79 Å². The normalized spacial score (nSPS) is 16.3. The molecule has 1 aliphatic rings. The summed E-state index contributed by atoms with van der Waals surface area (Å²) in [6, 6.07) is 7.75. The molecule has 0 aromatic heterocycles. The lowest BCUT2D eigenvalue weighted by atomic mass is 9.97. The van der Waals surface area contributed by atoms with Crippen molar-refractivity contribution in [1.82, 2.24) is 4.90 Å². The molecule has 1 aromatic rings. The number of aliphatic carboxylic acids is 1. The van der Waals surface area contributed by atoms with Crippen LogP contribution in [0.5, 0.6) is 5.75 Å². The first-order valence-electron chi connectivity index (χ1n) is 5.96. The molecule has 0 bridgehead atoms. The average Bonchev–Trinajstić information content (AvgIpc) is 2.25. The summed E-state index contributed by atoms with van der Waals surface area (Å²) in [6.07, 6.45) is 0.281. The Morgan fingerprint density at radius 2 is 2.28 bits per heavy atom. The zero-order valence-electron chi connectivity index (χ0n) is 10.0.